The molecule has 14 aromatic rings. The Morgan fingerprint density at radius 2 is 0.735 bits per heavy atom. The standard InChI is InChI=1S/C62H41NS5/c1-2-3-4-5-6-11-32-63-51-33-37(16-17-39-22-26-49-55(35-39)67-59-47-12-7-9-14-52(47)64-61(49)59)20-24-41(51)43-28-31-46-44(57(43)63)29-30-45-42-25-21-38(34-54(42)66-58(45)46)18-19-40-23-27-50-56(36-40)68-60-48-13-8-10-15-53(48)65-62(50)60/h7-10,12-15,20-31,33-36H,2-6,11,32H2,1H3. The Balaban J connectivity index is 0.823. The first-order valence-electron chi connectivity index (χ1n) is 23.7. The molecule has 68 heavy (non-hydrogen) atoms. The molecule has 0 fully saturated rings. The van der Waals surface area contributed by atoms with Crippen LogP contribution in [-0.2, 0) is 6.54 Å². The van der Waals surface area contributed by atoms with E-state index in [0.717, 1.165) is 35.2 Å². The van der Waals surface area contributed by atoms with Crippen molar-refractivity contribution in [2.45, 2.75) is 52.0 Å². The average molecular weight is 960 g/mol. The van der Waals surface area contributed by atoms with E-state index < -0.39 is 0 Å². The summed E-state index contributed by atoms with van der Waals surface area (Å²) in [6, 6.07) is 54.2. The Morgan fingerprint density at radius 1 is 0.338 bits per heavy atom. The van der Waals surface area contributed by atoms with Gasteiger partial charge in [-0.25, -0.2) is 0 Å². The molecule has 1 nitrogen and oxygen atoms in total. The van der Waals surface area contributed by atoms with Crippen LogP contribution in [0.15, 0.2) is 146 Å². The fraction of sp³-hybridized carbons (Fsp3) is 0.129. The first kappa shape index (κ1) is 40.6. The van der Waals surface area contributed by atoms with E-state index >= 15 is 0 Å². The summed E-state index contributed by atoms with van der Waals surface area (Å²) in [5.41, 5.74) is 6.84. The molecule has 8 aromatic carbocycles. The van der Waals surface area contributed by atoms with E-state index in [1.54, 1.807) is 0 Å². The number of fused-ring (bicyclic) bond motifs is 19. The van der Waals surface area contributed by atoms with Crippen molar-refractivity contribution in [3.63, 3.8) is 0 Å². The van der Waals surface area contributed by atoms with E-state index in [1.807, 2.05) is 56.7 Å². The number of aromatic nitrogens is 1. The third-order valence-electron chi connectivity index (χ3n) is 13.9. The molecule has 0 aliphatic carbocycles. The highest BCUT2D eigenvalue weighted by molar-refractivity contribution is 7.37. The van der Waals surface area contributed by atoms with Crippen LogP contribution in [0, 0.1) is 23.7 Å². The summed E-state index contributed by atoms with van der Waals surface area (Å²) in [5, 5.41) is 13.3. The lowest BCUT2D eigenvalue weighted by atomic mass is 10.0. The Kier molecular flexibility index (Phi) is 9.75. The highest BCUT2D eigenvalue weighted by Gasteiger charge is 2.18. The molecule has 0 saturated carbocycles. The van der Waals surface area contributed by atoms with Crippen molar-refractivity contribution in [3.05, 3.63) is 168 Å². The molecular formula is C62H41NS5. The number of nitrogens with zero attached hydrogens (tertiary/aromatic N) is 1. The Labute approximate surface area is 413 Å². The first-order valence-corrected chi connectivity index (χ1v) is 27.8. The molecule has 324 valence electrons. The fourth-order valence-electron chi connectivity index (χ4n) is 10.5. The summed E-state index contributed by atoms with van der Waals surface area (Å²) in [6.07, 6.45) is 7.60. The summed E-state index contributed by atoms with van der Waals surface area (Å²) in [6.45, 7) is 3.29. The molecule has 14 rings (SSSR count). The minimum Gasteiger partial charge on any atom is -0.340 e. The number of thiophene rings is 5. The summed E-state index contributed by atoms with van der Waals surface area (Å²) in [5.74, 6) is 14.2. The normalized spacial score (nSPS) is 12.1. The maximum atomic E-state index is 3.59. The molecule has 0 aliphatic heterocycles. The van der Waals surface area contributed by atoms with E-state index in [1.165, 1.54) is 144 Å². The molecule has 6 heterocycles. The molecule has 0 saturated heterocycles. The van der Waals surface area contributed by atoms with Gasteiger partial charge in [0, 0.05) is 111 Å². The van der Waals surface area contributed by atoms with E-state index in [4.69, 9.17) is 0 Å². The lowest BCUT2D eigenvalue weighted by Gasteiger charge is -2.10. The lowest BCUT2D eigenvalue weighted by Crippen LogP contribution is -1.98. The zero-order valence-corrected chi connectivity index (χ0v) is 41.4. The topological polar surface area (TPSA) is 4.93 Å². The number of benzene rings is 8. The zero-order chi connectivity index (χ0) is 44.9. The van der Waals surface area contributed by atoms with Gasteiger partial charge in [-0.3, -0.25) is 0 Å². The number of rotatable bonds is 7. The van der Waals surface area contributed by atoms with Crippen LogP contribution < -0.4 is 0 Å². The second kappa shape index (κ2) is 16.3. The van der Waals surface area contributed by atoms with Gasteiger partial charge in [0.05, 0.1) is 29.8 Å². The van der Waals surface area contributed by atoms with Crippen molar-refractivity contribution < 1.29 is 0 Å². The molecule has 0 radical (unpaired) electrons. The Bertz CT molecular complexity index is 4510. The number of hydrogen-bond donors (Lipinski definition) is 0. The third-order valence-corrected chi connectivity index (χ3v) is 20.1. The van der Waals surface area contributed by atoms with Crippen LogP contribution >= 0.6 is 56.7 Å². The van der Waals surface area contributed by atoms with E-state index in [0.29, 0.717) is 0 Å². The summed E-state index contributed by atoms with van der Waals surface area (Å²) in [4.78, 5) is 0. The van der Waals surface area contributed by atoms with Gasteiger partial charge in [0.1, 0.15) is 0 Å². The van der Waals surface area contributed by atoms with Gasteiger partial charge < -0.3 is 4.57 Å². The molecule has 6 heteroatoms. The van der Waals surface area contributed by atoms with Crippen LogP contribution in [0.2, 0.25) is 0 Å². The summed E-state index contributed by atoms with van der Waals surface area (Å²) < 4.78 is 16.1. The first-order chi connectivity index (χ1) is 33.6. The van der Waals surface area contributed by atoms with E-state index in [-0.39, 0.29) is 0 Å². The predicted octanol–water partition coefficient (Wildman–Crippen LogP) is 19.6. The van der Waals surface area contributed by atoms with Crippen molar-refractivity contribution >= 4 is 169 Å². The van der Waals surface area contributed by atoms with Crippen molar-refractivity contribution in [1.29, 1.82) is 0 Å². The SMILES string of the molecule is CCCCCCCCn1c2cc(C#Cc3ccc4c(c3)sc3c5ccccc5sc43)ccc2c2ccc3c(ccc4c5ccc(C#Cc6ccc7c(c6)sc6c8ccccc8sc76)cc5sc43)c21. The maximum absolute atomic E-state index is 3.59. The van der Waals surface area contributed by atoms with Crippen LogP contribution in [-0.4, -0.2) is 4.57 Å². The Hall–Kier alpha value is -6.48. The average Bonchev–Trinajstić information content (AvgIpc) is 4.22. The van der Waals surface area contributed by atoms with Crippen LogP contribution in [0.4, 0.5) is 0 Å². The zero-order valence-electron chi connectivity index (χ0n) is 37.3. The molecular weight excluding hydrogens is 919 g/mol. The van der Waals surface area contributed by atoms with Crippen LogP contribution in [0.1, 0.15) is 67.7 Å². The highest BCUT2D eigenvalue weighted by Crippen LogP contribution is 2.47. The van der Waals surface area contributed by atoms with Gasteiger partial charge in [0.2, 0.25) is 0 Å². The fourth-order valence-corrected chi connectivity index (χ4v) is 17.2. The van der Waals surface area contributed by atoms with Crippen LogP contribution in [0.3, 0.4) is 0 Å². The van der Waals surface area contributed by atoms with Crippen molar-refractivity contribution in [3.8, 4) is 23.7 Å². The van der Waals surface area contributed by atoms with E-state index in [9.17, 15) is 0 Å². The van der Waals surface area contributed by atoms with Crippen molar-refractivity contribution in [2.24, 2.45) is 0 Å². The van der Waals surface area contributed by atoms with Crippen molar-refractivity contribution in [2.75, 3.05) is 0 Å². The largest absolute Gasteiger partial charge is 0.340 e. The highest BCUT2D eigenvalue weighted by atomic mass is 32.1. The van der Waals surface area contributed by atoms with Crippen molar-refractivity contribution in [1.82, 2.24) is 4.57 Å². The molecule has 0 spiro atoms. The predicted molar refractivity (Wildman–Crippen MR) is 305 cm³/mol. The molecule has 0 N–H and O–H groups in total. The summed E-state index contributed by atoms with van der Waals surface area (Å²) >= 11 is 9.48. The van der Waals surface area contributed by atoms with Gasteiger partial charge in [-0.2, -0.15) is 0 Å². The molecule has 0 unspecified atom stereocenters. The molecule has 0 amide bonds. The third kappa shape index (κ3) is 6.62. The summed E-state index contributed by atoms with van der Waals surface area (Å²) in [7, 11) is 0. The lowest BCUT2D eigenvalue weighted by molar-refractivity contribution is 0.571. The minimum absolute atomic E-state index is 0.990. The van der Waals surface area contributed by atoms with Crippen LogP contribution in [0.5, 0.6) is 0 Å². The van der Waals surface area contributed by atoms with E-state index in [2.05, 4.69) is 181 Å². The maximum Gasteiger partial charge on any atom is 0.0571 e. The monoisotopic (exact) mass is 959 g/mol. The molecule has 6 aromatic heterocycles. The second-order valence-electron chi connectivity index (χ2n) is 18.1. The van der Waals surface area contributed by atoms with Gasteiger partial charge in [0.15, 0.2) is 0 Å². The molecule has 0 bridgehead atoms. The molecule has 0 aliphatic rings. The second-order valence-corrected chi connectivity index (χ2v) is 23.4. The van der Waals surface area contributed by atoms with Gasteiger partial charge in [0.25, 0.3) is 0 Å². The molecule has 0 atom stereocenters. The van der Waals surface area contributed by atoms with Crippen LogP contribution in [0.25, 0.3) is 112 Å². The minimum atomic E-state index is 0.990. The number of aryl methyl sites for hydroxylation is 1. The quantitative estimate of drug-likeness (QED) is 0.111. The van der Waals surface area contributed by atoms with Gasteiger partial charge in [-0.15, -0.1) is 56.7 Å². The smallest absolute Gasteiger partial charge is 0.0571 e. The van der Waals surface area contributed by atoms with Gasteiger partial charge >= 0.3 is 0 Å². The number of unbranched alkanes of at least 4 members (excludes halogenated alkanes) is 5. The number of hydrogen-bond acceptors (Lipinski definition) is 5. The van der Waals surface area contributed by atoms with Gasteiger partial charge in [-0.05, 0) is 67.1 Å². The van der Waals surface area contributed by atoms with Gasteiger partial charge in [-0.1, -0.05) is 148 Å². The Morgan fingerprint density at radius 3 is 1.32 bits per heavy atom.